The van der Waals surface area contributed by atoms with Gasteiger partial charge in [-0.1, -0.05) is 39.3 Å². The molecule has 0 N–H and O–H groups in total. The maximum Gasteiger partial charge on any atom is 0.279 e. The zero-order chi connectivity index (χ0) is 17.3. The molecule has 0 unspecified atom stereocenters. The summed E-state index contributed by atoms with van der Waals surface area (Å²) in [5.41, 5.74) is 3.96. The zero-order valence-corrected chi connectivity index (χ0v) is 15.7. The average molecular weight is 399 g/mol. The van der Waals surface area contributed by atoms with Crippen LogP contribution in [-0.2, 0) is 6.54 Å². The third-order valence-electron chi connectivity index (χ3n) is 3.82. The molecule has 120 valence electrons. The lowest BCUT2D eigenvalue weighted by atomic mass is 10.1. The van der Waals surface area contributed by atoms with E-state index in [0.29, 0.717) is 16.9 Å². The van der Waals surface area contributed by atoms with Crippen molar-refractivity contribution in [2.24, 2.45) is 4.99 Å². The van der Waals surface area contributed by atoms with Crippen molar-refractivity contribution in [1.82, 2.24) is 4.57 Å². The lowest BCUT2D eigenvalue weighted by molar-refractivity contribution is 0.0998. The van der Waals surface area contributed by atoms with Crippen molar-refractivity contribution in [3.8, 4) is 12.3 Å². The van der Waals surface area contributed by atoms with Gasteiger partial charge in [0.05, 0.1) is 16.8 Å². The van der Waals surface area contributed by atoms with Crippen LogP contribution >= 0.6 is 27.3 Å². The fraction of sp³-hybridized carbons (Fsp3) is 0.158. The zero-order valence-electron chi connectivity index (χ0n) is 13.3. The summed E-state index contributed by atoms with van der Waals surface area (Å²) in [5, 5.41) is 0. The summed E-state index contributed by atoms with van der Waals surface area (Å²) in [6, 6.07) is 11.4. The van der Waals surface area contributed by atoms with Gasteiger partial charge < -0.3 is 4.57 Å². The first kappa shape index (κ1) is 16.7. The molecule has 0 aliphatic heterocycles. The van der Waals surface area contributed by atoms with E-state index >= 15 is 0 Å². The van der Waals surface area contributed by atoms with Crippen molar-refractivity contribution < 1.29 is 4.79 Å². The van der Waals surface area contributed by atoms with Crippen molar-refractivity contribution in [2.45, 2.75) is 20.4 Å². The predicted octanol–water partition coefficient (Wildman–Crippen LogP) is 4.46. The van der Waals surface area contributed by atoms with Crippen LogP contribution < -0.4 is 4.80 Å². The molecule has 1 aromatic heterocycles. The Morgan fingerprint density at radius 2 is 2.04 bits per heavy atom. The minimum absolute atomic E-state index is 0.276. The molecule has 0 saturated heterocycles. The highest BCUT2D eigenvalue weighted by molar-refractivity contribution is 9.10. The fourth-order valence-electron chi connectivity index (χ4n) is 2.42. The molecule has 0 radical (unpaired) electrons. The normalized spacial score (nSPS) is 11.7. The number of rotatable bonds is 2. The molecular weight excluding hydrogens is 384 g/mol. The van der Waals surface area contributed by atoms with Crippen LogP contribution in [0.2, 0.25) is 0 Å². The number of aryl methyl sites for hydroxylation is 2. The van der Waals surface area contributed by atoms with Crippen molar-refractivity contribution in [3.63, 3.8) is 0 Å². The number of carbonyl (C=O) groups is 1. The summed E-state index contributed by atoms with van der Waals surface area (Å²) < 4.78 is 3.85. The summed E-state index contributed by atoms with van der Waals surface area (Å²) in [6.45, 7) is 4.52. The number of fused-ring (bicyclic) bond motifs is 1. The maximum atomic E-state index is 12.5. The number of nitrogens with zero attached hydrogens (tertiary/aromatic N) is 2. The van der Waals surface area contributed by atoms with Gasteiger partial charge in [0.25, 0.3) is 5.91 Å². The Balaban J connectivity index is 2.19. The van der Waals surface area contributed by atoms with Gasteiger partial charge in [0.2, 0.25) is 0 Å². The second-order valence-electron chi connectivity index (χ2n) is 5.51. The summed E-state index contributed by atoms with van der Waals surface area (Å²) in [5.74, 6) is 2.37. The van der Waals surface area contributed by atoms with E-state index < -0.39 is 0 Å². The van der Waals surface area contributed by atoms with Gasteiger partial charge in [-0.15, -0.1) is 6.42 Å². The minimum Gasteiger partial charge on any atom is -0.305 e. The van der Waals surface area contributed by atoms with E-state index in [-0.39, 0.29) is 5.91 Å². The van der Waals surface area contributed by atoms with E-state index in [9.17, 15) is 4.79 Å². The molecule has 0 saturated carbocycles. The standard InChI is InChI=1S/C19H15BrN2OS/c1-4-8-22-16-9-12(2)13(3)10-17(16)24-19(22)21-18(23)14-6-5-7-15(20)11-14/h1,5-7,9-11H,8H2,2-3H3. The van der Waals surface area contributed by atoms with Crippen LogP contribution in [0.5, 0.6) is 0 Å². The molecule has 24 heavy (non-hydrogen) atoms. The van der Waals surface area contributed by atoms with Gasteiger partial charge in [-0.2, -0.15) is 4.99 Å². The van der Waals surface area contributed by atoms with Crippen LogP contribution in [-0.4, -0.2) is 10.5 Å². The number of carbonyl (C=O) groups excluding carboxylic acids is 1. The molecule has 0 bridgehead atoms. The molecule has 0 aliphatic rings. The topological polar surface area (TPSA) is 34.4 Å². The van der Waals surface area contributed by atoms with Gasteiger partial charge in [0.1, 0.15) is 0 Å². The van der Waals surface area contributed by atoms with Gasteiger partial charge in [0, 0.05) is 10.0 Å². The van der Waals surface area contributed by atoms with E-state index in [2.05, 4.69) is 52.8 Å². The van der Waals surface area contributed by atoms with E-state index in [4.69, 9.17) is 6.42 Å². The Kier molecular flexibility index (Phi) is 4.70. The molecule has 3 aromatic rings. The summed E-state index contributed by atoms with van der Waals surface area (Å²) in [6.07, 6.45) is 5.51. The van der Waals surface area contributed by atoms with Crippen LogP contribution in [0.25, 0.3) is 10.2 Å². The van der Waals surface area contributed by atoms with Crippen LogP contribution in [0, 0.1) is 26.2 Å². The third kappa shape index (κ3) is 3.21. The number of hydrogen-bond acceptors (Lipinski definition) is 2. The quantitative estimate of drug-likeness (QED) is 0.586. The van der Waals surface area contributed by atoms with Crippen LogP contribution in [0.3, 0.4) is 0 Å². The number of hydrogen-bond donors (Lipinski definition) is 0. The van der Waals surface area contributed by atoms with Gasteiger partial charge in [0.15, 0.2) is 4.80 Å². The first-order valence-corrected chi connectivity index (χ1v) is 8.99. The molecule has 5 heteroatoms. The SMILES string of the molecule is C#CCn1c(=NC(=O)c2cccc(Br)c2)sc2cc(C)c(C)cc21. The summed E-state index contributed by atoms with van der Waals surface area (Å²) in [4.78, 5) is 17.4. The second kappa shape index (κ2) is 6.76. The molecular formula is C19H15BrN2OS. The Labute approximate surface area is 152 Å². The molecule has 2 aromatic carbocycles. The van der Waals surface area contributed by atoms with E-state index in [1.807, 2.05) is 16.7 Å². The highest BCUT2D eigenvalue weighted by Gasteiger charge is 2.10. The number of thiazole rings is 1. The van der Waals surface area contributed by atoms with E-state index in [0.717, 1.165) is 14.7 Å². The van der Waals surface area contributed by atoms with E-state index in [1.165, 1.54) is 22.5 Å². The highest BCUT2D eigenvalue weighted by Crippen LogP contribution is 2.22. The number of halogens is 1. The molecule has 0 atom stereocenters. The van der Waals surface area contributed by atoms with Gasteiger partial charge in [-0.05, 0) is 55.3 Å². The van der Waals surface area contributed by atoms with Gasteiger partial charge in [-0.3, -0.25) is 4.79 Å². The monoisotopic (exact) mass is 398 g/mol. The highest BCUT2D eigenvalue weighted by atomic mass is 79.9. The average Bonchev–Trinajstić information content (AvgIpc) is 2.85. The van der Waals surface area contributed by atoms with Crippen LogP contribution in [0.15, 0.2) is 45.9 Å². The summed E-state index contributed by atoms with van der Waals surface area (Å²) >= 11 is 4.86. The molecule has 3 nitrogen and oxygen atoms in total. The molecule has 0 spiro atoms. The Hall–Kier alpha value is -2.16. The minimum atomic E-state index is -0.276. The Morgan fingerprint density at radius 3 is 2.75 bits per heavy atom. The molecule has 1 amide bonds. The van der Waals surface area contributed by atoms with Crippen LogP contribution in [0.1, 0.15) is 21.5 Å². The molecule has 0 fully saturated rings. The van der Waals surface area contributed by atoms with Crippen LogP contribution in [0.4, 0.5) is 0 Å². The first-order valence-electron chi connectivity index (χ1n) is 7.38. The number of aromatic nitrogens is 1. The van der Waals surface area contributed by atoms with Crippen molar-refractivity contribution >= 4 is 43.4 Å². The third-order valence-corrected chi connectivity index (χ3v) is 5.35. The second-order valence-corrected chi connectivity index (χ2v) is 7.43. The lowest BCUT2D eigenvalue weighted by Gasteiger charge is -2.03. The predicted molar refractivity (Wildman–Crippen MR) is 102 cm³/mol. The number of terminal acetylenes is 1. The number of amides is 1. The first-order chi connectivity index (χ1) is 11.5. The molecule has 0 aliphatic carbocycles. The Bertz CT molecular complexity index is 1050. The summed E-state index contributed by atoms with van der Waals surface area (Å²) in [7, 11) is 0. The lowest BCUT2D eigenvalue weighted by Crippen LogP contribution is -2.16. The van der Waals surface area contributed by atoms with Gasteiger partial charge in [-0.25, -0.2) is 0 Å². The number of benzene rings is 2. The van der Waals surface area contributed by atoms with Gasteiger partial charge >= 0.3 is 0 Å². The largest absolute Gasteiger partial charge is 0.305 e. The molecule has 1 heterocycles. The van der Waals surface area contributed by atoms with Crippen molar-refractivity contribution in [2.75, 3.05) is 0 Å². The van der Waals surface area contributed by atoms with Crippen molar-refractivity contribution in [1.29, 1.82) is 0 Å². The smallest absolute Gasteiger partial charge is 0.279 e. The van der Waals surface area contributed by atoms with Crippen molar-refractivity contribution in [3.05, 3.63) is 62.4 Å². The maximum absolute atomic E-state index is 12.5. The fourth-order valence-corrected chi connectivity index (χ4v) is 3.93. The molecule has 3 rings (SSSR count). The van der Waals surface area contributed by atoms with E-state index in [1.54, 1.807) is 12.1 Å². The Morgan fingerprint density at radius 1 is 1.29 bits per heavy atom.